The largest absolute Gasteiger partial charge is 0.394 e. The van der Waals surface area contributed by atoms with E-state index in [4.69, 9.17) is 19.7 Å². The molecule has 23 heavy (non-hydrogen) atoms. The maximum atomic E-state index is 10.5. The van der Waals surface area contributed by atoms with Gasteiger partial charge >= 0.3 is 0 Å². The first-order chi connectivity index (χ1) is 10.7. The van der Waals surface area contributed by atoms with E-state index in [0.29, 0.717) is 0 Å². The van der Waals surface area contributed by atoms with E-state index in [-0.39, 0.29) is 0 Å². The molecule has 0 aromatic rings. The van der Waals surface area contributed by atoms with Gasteiger partial charge in [0, 0.05) is 0 Å². The Hall–Kier alpha value is -0.440. The van der Waals surface area contributed by atoms with Gasteiger partial charge in [-0.05, 0) is 0 Å². The van der Waals surface area contributed by atoms with Crippen molar-refractivity contribution in [2.24, 2.45) is 0 Å². The molecular formula is C12H22O11. The van der Waals surface area contributed by atoms with Crippen LogP contribution < -0.4 is 0 Å². The summed E-state index contributed by atoms with van der Waals surface area (Å²) in [5.74, 6) is -2.82. The zero-order chi connectivity index (χ0) is 17.5. The molecular weight excluding hydrogens is 320 g/mol. The third-order valence-electron chi connectivity index (χ3n) is 4.30. The van der Waals surface area contributed by atoms with Crippen molar-refractivity contribution in [3.05, 3.63) is 0 Å². The van der Waals surface area contributed by atoms with Crippen molar-refractivity contribution in [1.82, 2.24) is 0 Å². The van der Waals surface area contributed by atoms with Gasteiger partial charge in [-0.2, -0.15) is 0 Å². The second-order valence-corrected chi connectivity index (χ2v) is 5.77. The summed E-state index contributed by atoms with van der Waals surface area (Å²) < 4.78 is 10.1. The Morgan fingerprint density at radius 1 is 0.696 bits per heavy atom. The summed E-state index contributed by atoms with van der Waals surface area (Å²) in [5.41, 5.74) is 0. The number of rotatable bonds is 3. The molecule has 2 heterocycles. The molecule has 2 saturated heterocycles. The van der Waals surface area contributed by atoms with Gasteiger partial charge in [0.05, 0.1) is 13.2 Å². The van der Waals surface area contributed by atoms with Gasteiger partial charge in [-0.3, -0.25) is 0 Å². The van der Waals surface area contributed by atoms with Crippen molar-refractivity contribution in [2.45, 2.75) is 60.7 Å². The Kier molecular flexibility index (Phi) is 5.60. The van der Waals surface area contributed by atoms with E-state index in [2.05, 4.69) is 0 Å². The van der Waals surface area contributed by atoms with E-state index >= 15 is 0 Å². The first kappa shape index (κ1) is 18.9. The van der Waals surface area contributed by atoms with Crippen molar-refractivity contribution < 1.29 is 55.4 Å². The summed E-state index contributed by atoms with van der Waals surface area (Å²) in [7, 11) is 0. The standard InChI is InChI=1S/C12H22O11/c13-1-3-5(15)7(17)9(19)11(22-3)12(21)10(20)8(18)6(16)4(2-14)23-12/h3-11,13-21H,1-2H2/t3-,4-,5+,6-,7+,8+,9-,10-,11-,12-/m1/s1. The van der Waals surface area contributed by atoms with Crippen LogP contribution in [0.4, 0.5) is 0 Å². The summed E-state index contributed by atoms with van der Waals surface area (Å²) in [6, 6.07) is 0. The van der Waals surface area contributed by atoms with Crippen LogP contribution in [0.1, 0.15) is 0 Å². The van der Waals surface area contributed by atoms with Crippen LogP contribution in [-0.2, 0) is 9.47 Å². The van der Waals surface area contributed by atoms with Crippen LogP contribution in [0.3, 0.4) is 0 Å². The summed E-state index contributed by atoms with van der Waals surface area (Å²) in [6.45, 7) is -1.60. The maximum Gasteiger partial charge on any atom is 0.225 e. The Labute approximate surface area is 130 Å². The topological polar surface area (TPSA) is 201 Å². The fraction of sp³-hybridized carbons (Fsp3) is 1.00. The molecule has 0 saturated carbocycles. The summed E-state index contributed by atoms with van der Waals surface area (Å²) >= 11 is 0. The number of hydrogen-bond acceptors (Lipinski definition) is 11. The van der Waals surface area contributed by atoms with Gasteiger partial charge in [-0.25, -0.2) is 0 Å². The minimum absolute atomic E-state index is 0.776. The first-order valence-corrected chi connectivity index (χ1v) is 7.04. The summed E-state index contributed by atoms with van der Waals surface area (Å²) in [4.78, 5) is 0. The molecule has 0 aromatic carbocycles. The van der Waals surface area contributed by atoms with E-state index in [1.54, 1.807) is 0 Å². The molecule has 10 atom stereocenters. The van der Waals surface area contributed by atoms with Crippen molar-refractivity contribution in [3.8, 4) is 0 Å². The molecule has 0 unspecified atom stereocenters. The minimum Gasteiger partial charge on any atom is -0.394 e. The molecule has 11 heteroatoms. The van der Waals surface area contributed by atoms with E-state index in [1.807, 2.05) is 0 Å². The Bertz CT molecular complexity index is 404. The highest BCUT2D eigenvalue weighted by atomic mass is 16.7. The SMILES string of the molecule is OC[C@H]1O[C@@H]([C@]2(O)O[C@H](CO)[C@@H](O)[C@H](O)[C@H]2O)[C@H](O)[C@@H](O)[C@H]1O. The molecule has 2 aliphatic heterocycles. The average Bonchev–Trinajstić information content (AvgIpc) is 2.54. The van der Waals surface area contributed by atoms with Gasteiger partial charge in [0.15, 0.2) is 0 Å². The lowest BCUT2D eigenvalue weighted by Crippen LogP contribution is -2.75. The van der Waals surface area contributed by atoms with Crippen LogP contribution in [0.5, 0.6) is 0 Å². The van der Waals surface area contributed by atoms with Crippen molar-refractivity contribution in [3.63, 3.8) is 0 Å². The van der Waals surface area contributed by atoms with Crippen LogP contribution >= 0.6 is 0 Å². The molecule has 0 aliphatic carbocycles. The molecule has 2 fully saturated rings. The minimum atomic E-state index is -2.82. The third kappa shape index (κ3) is 2.99. The molecule has 0 aromatic heterocycles. The van der Waals surface area contributed by atoms with E-state index in [1.165, 1.54) is 0 Å². The molecule has 0 amide bonds. The number of hydrogen-bond donors (Lipinski definition) is 9. The van der Waals surface area contributed by atoms with Crippen LogP contribution in [0.25, 0.3) is 0 Å². The predicted octanol–water partition coefficient (Wildman–Crippen LogP) is -6.01. The highest BCUT2D eigenvalue weighted by Crippen LogP contribution is 2.37. The van der Waals surface area contributed by atoms with Gasteiger partial charge < -0.3 is 55.4 Å². The van der Waals surface area contributed by atoms with Gasteiger partial charge in [0.2, 0.25) is 5.79 Å². The molecule has 0 bridgehead atoms. The van der Waals surface area contributed by atoms with Crippen LogP contribution in [0, 0.1) is 0 Å². The van der Waals surface area contributed by atoms with Gasteiger partial charge in [-0.1, -0.05) is 0 Å². The van der Waals surface area contributed by atoms with Crippen molar-refractivity contribution in [1.29, 1.82) is 0 Å². The lowest BCUT2D eigenvalue weighted by molar-refractivity contribution is -0.406. The molecule has 136 valence electrons. The molecule has 0 radical (unpaired) electrons. The molecule has 9 N–H and O–H groups in total. The Morgan fingerprint density at radius 2 is 1.22 bits per heavy atom. The van der Waals surface area contributed by atoms with Crippen molar-refractivity contribution >= 4 is 0 Å². The highest BCUT2D eigenvalue weighted by molar-refractivity contribution is 5.05. The number of aliphatic hydroxyl groups is 9. The number of aliphatic hydroxyl groups excluding tert-OH is 8. The maximum absolute atomic E-state index is 10.5. The highest BCUT2D eigenvalue weighted by Gasteiger charge is 2.62. The molecule has 11 nitrogen and oxygen atoms in total. The zero-order valence-electron chi connectivity index (χ0n) is 12.0. The zero-order valence-corrected chi connectivity index (χ0v) is 12.0. The van der Waals surface area contributed by atoms with Crippen molar-refractivity contribution in [2.75, 3.05) is 13.2 Å². The second kappa shape index (κ2) is 6.82. The van der Waals surface area contributed by atoms with Gasteiger partial charge in [-0.15, -0.1) is 0 Å². The van der Waals surface area contributed by atoms with E-state index < -0.39 is 73.9 Å². The average molecular weight is 342 g/mol. The third-order valence-corrected chi connectivity index (χ3v) is 4.30. The van der Waals surface area contributed by atoms with Gasteiger partial charge in [0.1, 0.15) is 54.9 Å². The molecule has 2 aliphatic rings. The first-order valence-electron chi connectivity index (χ1n) is 7.04. The van der Waals surface area contributed by atoms with Gasteiger partial charge in [0.25, 0.3) is 0 Å². The van der Waals surface area contributed by atoms with Crippen LogP contribution in [-0.4, -0.2) is 120 Å². The summed E-state index contributed by atoms with van der Waals surface area (Å²) in [5, 5.41) is 87.7. The Morgan fingerprint density at radius 3 is 1.74 bits per heavy atom. The lowest BCUT2D eigenvalue weighted by atomic mass is 9.83. The Balaban J connectivity index is 2.33. The normalized spacial score (nSPS) is 54.9. The van der Waals surface area contributed by atoms with E-state index in [0.717, 1.165) is 0 Å². The molecule has 2 rings (SSSR count). The monoisotopic (exact) mass is 342 g/mol. The lowest BCUT2D eigenvalue weighted by Gasteiger charge is -2.52. The quantitative estimate of drug-likeness (QED) is 0.236. The summed E-state index contributed by atoms with van der Waals surface area (Å²) in [6.07, 6.45) is -16.1. The van der Waals surface area contributed by atoms with Crippen LogP contribution in [0.15, 0.2) is 0 Å². The fourth-order valence-corrected chi connectivity index (χ4v) is 2.86. The fourth-order valence-electron chi connectivity index (χ4n) is 2.86. The second-order valence-electron chi connectivity index (χ2n) is 5.77. The predicted molar refractivity (Wildman–Crippen MR) is 68.7 cm³/mol. The molecule has 0 spiro atoms. The van der Waals surface area contributed by atoms with E-state index in [9.17, 15) is 35.7 Å². The number of ether oxygens (including phenoxy) is 2. The smallest absolute Gasteiger partial charge is 0.225 e. The van der Waals surface area contributed by atoms with Crippen LogP contribution in [0.2, 0.25) is 0 Å².